The van der Waals surface area contributed by atoms with Gasteiger partial charge < -0.3 is 4.74 Å². The summed E-state index contributed by atoms with van der Waals surface area (Å²) in [6, 6.07) is 0. The zero-order valence-corrected chi connectivity index (χ0v) is 12.8. The van der Waals surface area contributed by atoms with Gasteiger partial charge in [0.25, 0.3) is 0 Å². The van der Waals surface area contributed by atoms with Gasteiger partial charge in [-0.1, -0.05) is 0 Å². The summed E-state index contributed by atoms with van der Waals surface area (Å²) in [7, 11) is 0. The van der Waals surface area contributed by atoms with E-state index in [-0.39, 0.29) is 17.9 Å². The molecule has 0 aromatic carbocycles. The number of carbonyl (C=O) groups is 2. The monoisotopic (exact) mass is 290 g/mol. The number of ether oxygens (including phenoxy) is 1. The first kappa shape index (κ1) is 13.8. The van der Waals surface area contributed by atoms with Crippen molar-refractivity contribution in [1.82, 2.24) is 0 Å². The van der Waals surface area contributed by atoms with E-state index in [0.717, 1.165) is 36.5 Å². The van der Waals surface area contributed by atoms with Gasteiger partial charge in [-0.25, -0.2) is 0 Å². The highest BCUT2D eigenvalue weighted by molar-refractivity contribution is 5.80. The number of hydrogen-bond acceptors (Lipinski definition) is 3. The number of ketones is 1. The molecule has 5 saturated carbocycles. The van der Waals surface area contributed by atoms with Gasteiger partial charge in [-0.3, -0.25) is 9.59 Å². The Morgan fingerprint density at radius 3 is 2.33 bits per heavy atom. The van der Waals surface area contributed by atoms with Gasteiger partial charge in [0.15, 0.2) is 0 Å². The number of carbonyl (C=O) groups excluding carboxylic acids is 2. The first-order valence-electron chi connectivity index (χ1n) is 8.88. The molecular formula is C18H26O3. The Kier molecular flexibility index (Phi) is 3.55. The van der Waals surface area contributed by atoms with Crippen molar-refractivity contribution in [2.75, 3.05) is 0 Å². The van der Waals surface area contributed by atoms with Crippen LogP contribution in [0.5, 0.6) is 0 Å². The Bertz CT molecular complexity index is 414. The van der Waals surface area contributed by atoms with Gasteiger partial charge in [0.2, 0.25) is 0 Å². The standard InChI is InChI=1S/C18H26O3/c19-15-2-1-3-16(9-15)21-18(20)10-17-13-5-11-4-12(7-13)8-14(17)6-11/h11-14,16-17H,1-10H2. The highest BCUT2D eigenvalue weighted by atomic mass is 16.5. The van der Waals surface area contributed by atoms with E-state index in [4.69, 9.17) is 4.74 Å². The van der Waals surface area contributed by atoms with Crippen molar-refractivity contribution in [1.29, 1.82) is 0 Å². The maximum absolute atomic E-state index is 12.3. The molecule has 0 aromatic rings. The molecule has 4 bridgehead atoms. The molecule has 0 spiro atoms. The number of rotatable bonds is 3. The van der Waals surface area contributed by atoms with Gasteiger partial charge in [-0.2, -0.15) is 0 Å². The van der Waals surface area contributed by atoms with E-state index < -0.39 is 0 Å². The minimum atomic E-state index is -0.129. The SMILES string of the molecule is O=C1CCCC(OC(=O)CC2C3CC4CC(C3)CC2C4)C1. The summed E-state index contributed by atoms with van der Waals surface area (Å²) in [4.78, 5) is 23.7. The summed E-state index contributed by atoms with van der Waals surface area (Å²) in [6.07, 6.45) is 10.2. The minimum Gasteiger partial charge on any atom is -0.462 e. The van der Waals surface area contributed by atoms with Crippen LogP contribution in [0.2, 0.25) is 0 Å². The Hall–Kier alpha value is -0.860. The van der Waals surface area contributed by atoms with E-state index in [0.29, 0.717) is 25.2 Å². The molecular weight excluding hydrogens is 264 g/mol. The van der Waals surface area contributed by atoms with Gasteiger partial charge in [0, 0.05) is 19.3 Å². The van der Waals surface area contributed by atoms with Gasteiger partial charge >= 0.3 is 5.97 Å². The van der Waals surface area contributed by atoms with Crippen LogP contribution in [0.4, 0.5) is 0 Å². The van der Waals surface area contributed by atoms with Crippen LogP contribution in [0.3, 0.4) is 0 Å². The van der Waals surface area contributed by atoms with Crippen molar-refractivity contribution < 1.29 is 14.3 Å². The molecule has 0 amide bonds. The van der Waals surface area contributed by atoms with Gasteiger partial charge in [-0.05, 0) is 74.5 Å². The second-order valence-corrected chi connectivity index (χ2v) is 8.05. The van der Waals surface area contributed by atoms with Crippen molar-refractivity contribution in [3.05, 3.63) is 0 Å². The molecule has 0 N–H and O–H groups in total. The lowest BCUT2D eigenvalue weighted by atomic mass is 9.51. The van der Waals surface area contributed by atoms with Crippen molar-refractivity contribution in [3.63, 3.8) is 0 Å². The lowest BCUT2D eigenvalue weighted by molar-refractivity contribution is -0.156. The van der Waals surface area contributed by atoms with Crippen LogP contribution < -0.4 is 0 Å². The molecule has 0 saturated heterocycles. The number of Topliss-reactive ketones (excluding diaryl/α,β-unsaturated/α-hetero) is 1. The molecule has 1 atom stereocenters. The number of esters is 1. The Morgan fingerprint density at radius 2 is 1.71 bits per heavy atom. The van der Waals surface area contributed by atoms with Crippen LogP contribution in [-0.4, -0.2) is 17.9 Å². The number of hydrogen-bond donors (Lipinski definition) is 0. The van der Waals surface area contributed by atoms with Gasteiger partial charge in [0.05, 0.1) is 0 Å². The van der Waals surface area contributed by atoms with Crippen LogP contribution in [0.25, 0.3) is 0 Å². The molecule has 5 rings (SSSR count). The van der Waals surface area contributed by atoms with Gasteiger partial charge in [-0.15, -0.1) is 0 Å². The summed E-state index contributed by atoms with van der Waals surface area (Å²) >= 11 is 0. The Balaban J connectivity index is 1.33. The van der Waals surface area contributed by atoms with Crippen molar-refractivity contribution in [3.8, 4) is 0 Å². The maximum atomic E-state index is 12.3. The maximum Gasteiger partial charge on any atom is 0.306 e. The third kappa shape index (κ3) is 2.76. The molecule has 5 aliphatic carbocycles. The fraction of sp³-hybridized carbons (Fsp3) is 0.889. The van der Waals surface area contributed by atoms with Crippen molar-refractivity contribution in [2.45, 2.75) is 70.3 Å². The van der Waals surface area contributed by atoms with Gasteiger partial charge in [0.1, 0.15) is 11.9 Å². The predicted octanol–water partition coefficient (Wildman–Crippen LogP) is 3.50. The summed E-state index contributed by atoms with van der Waals surface area (Å²) < 4.78 is 5.61. The quantitative estimate of drug-likeness (QED) is 0.747. The topological polar surface area (TPSA) is 43.4 Å². The van der Waals surface area contributed by atoms with E-state index in [1.165, 1.54) is 32.1 Å². The van der Waals surface area contributed by atoms with E-state index in [2.05, 4.69) is 0 Å². The van der Waals surface area contributed by atoms with Crippen LogP contribution >= 0.6 is 0 Å². The molecule has 116 valence electrons. The Morgan fingerprint density at radius 1 is 1.05 bits per heavy atom. The molecule has 3 heteroatoms. The van der Waals surface area contributed by atoms with Crippen LogP contribution in [0, 0.1) is 29.6 Å². The zero-order chi connectivity index (χ0) is 14.4. The minimum absolute atomic E-state index is 0.0350. The fourth-order valence-corrected chi connectivity index (χ4v) is 5.88. The average molecular weight is 290 g/mol. The zero-order valence-electron chi connectivity index (χ0n) is 12.8. The van der Waals surface area contributed by atoms with Crippen LogP contribution in [0.15, 0.2) is 0 Å². The second kappa shape index (κ2) is 5.40. The molecule has 0 aliphatic heterocycles. The highest BCUT2D eigenvalue weighted by Gasteiger charge is 2.48. The third-order valence-electron chi connectivity index (χ3n) is 6.56. The molecule has 0 heterocycles. The fourth-order valence-electron chi connectivity index (χ4n) is 5.88. The summed E-state index contributed by atoms with van der Waals surface area (Å²) in [5.41, 5.74) is 0. The lowest BCUT2D eigenvalue weighted by Crippen LogP contribution is -2.46. The predicted molar refractivity (Wildman–Crippen MR) is 78.5 cm³/mol. The molecule has 1 unspecified atom stereocenters. The second-order valence-electron chi connectivity index (χ2n) is 8.05. The normalized spacial score (nSPS) is 44.9. The first-order chi connectivity index (χ1) is 10.2. The molecule has 0 aromatic heterocycles. The molecule has 5 aliphatic rings. The summed E-state index contributed by atoms with van der Waals surface area (Å²) in [6.45, 7) is 0. The summed E-state index contributed by atoms with van der Waals surface area (Å²) in [5.74, 6) is 4.26. The van der Waals surface area contributed by atoms with E-state index >= 15 is 0 Å². The van der Waals surface area contributed by atoms with E-state index in [9.17, 15) is 9.59 Å². The first-order valence-corrected chi connectivity index (χ1v) is 8.88. The smallest absolute Gasteiger partial charge is 0.306 e. The largest absolute Gasteiger partial charge is 0.462 e. The average Bonchev–Trinajstić information content (AvgIpc) is 2.42. The lowest BCUT2D eigenvalue weighted by Gasteiger charge is -2.54. The molecule has 5 fully saturated rings. The van der Waals surface area contributed by atoms with Crippen LogP contribution in [-0.2, 0) is 14.3 Å². The highest BCUT2D eigenvalue weighted by Crippen LogP contribution is 2.57. The summed E-state index contributed by atoms with van der Waals surface area (Å²) in [5, 5.41) is 0. The molecule has 21 heavy (non-hydrogen) atoms. The van der Waals surface area contributed by atoms with Crippen molar-refractivity contribution in [2.24, 2.45) is 29.6 Å². The van der Waals surface area contributed by atoms with E-state index in [1.54, 1.807) is 0 Å². The third-order valence-corrected chi connectivity index (χ3v) is 6.56. The van der Waals surface area contributed by atoms with E-state index in [1.807, 2.05) is 0 Å². The molecule has 0 radical (unpaired) electrons. The Labute approximate surface area is 126 Å². The van der Waals surface area contributed by atoms with Crippen molar-refractivity contribution >= 4 is 11.8 Å². The van der Waals surface area contributed by atoms with Crippen LogP contribution in [0.1, 0.15) is 64.2 Å². The molecule has 3 nitrogen and oxygen atoms in total.